The van der Waals surface area contributed by atoms with Crippen molar-refractivity contribution >= 4 is 39.5 Å². The average Bonchev–Trinajstić information content (AvgIpc) is 3.64. The smallest absolute Gasteiger partial charge is 0.462 e. The zero-order valence-electron chi connectivity index (χ0n) is 55.9. The van der Waals surface area contributed by atoms with Gasteiger partial charge in [0.15, 0.2) is 12.2 Å². The number of hydrogen-bond acceptors (Lipinski definition) is 15. The van der Waals surface area contributed by atoms with Crippen LogP contribution in [0.3, 0.4) is 0 Å². The number of aliphatic hydroxyl groups excluding tert-OH is 1. The second kappa shape index (κ2) is 57.0. The van der Waals surface area contributed by atoms with Crippen LogP contribution in [-0.2, 0) is 65.4 Å². The standard InChI is InChI=1S/C67H130O17P2/c1-9-59(7)45-37-29-20-13-11-12-14-22-31-39-47-64(69)77-53-62(83-67(72)50-42-34-24-18-16-21-30-38-46-60(8)10-2)55-81-85(73,74)79-51-61(68)52-80-86(75,76)82-56-63(54-78-65(70)48-40-32-26-25-28-36-44-58(5)6)84-66(71)49-41-33-23-17-15-19-27-35-43-57(3)4/h57-63,68H,9-56H2,1-8H3,(H,73,74)(H,75,76)/t59?,60?,61-,62-,63-/m1/s1. The third-order valence-corrected chi connectivity index (χ3v) is 17.9. The van der Waals surface area contributed by atoms with Gasteiger partial charge in [0.05, 0.1) is 26.4 Å². The molecular formula is C67H130O17P2. The molecule has 0 aromatic carbocycles. The predicted octanol–water partition coefficient (Wildman–Crippen LogP) is 18.5. The van der Waals surface area contributed by atoms with E-state index in [4.69, 9.17) is 37.0 Å². The number of carbonyl (C=O) groups is 4. The van der Waals surface area contributed by atoms with Gasteiger partial charge in [-0.2, -0.15) is 0 Å². The highest BCUT2D eigenvalue weighted by Crippen LogP contribution is 2.45. The summed E-state index contributed by atoms with van der Waals surface area (Å²) in [5.74, 6) is 0.839. The summed E-state index contributed by atoms with van der Waals surface area (Å²) in [5, 5.41) is 10.6. The Bertz CT molecular complexity index is 1720. The minimum absolute atomic E-state index is 0.103. The highest BCUT2D eigenvalue weighted by atomic mass is 31.2. The lowest BCUT2D eigenvalue weighted by Crippen LogP contribution is -2.30. The molecule has 0 aromatic rings. The van der Waals surface area contributed by atoms with E-state index in [1.165, 1.54) is 122 Å². The van der Waals surface area contributed by atoms with Gasteiger partial charge in [0.2, 0.25) is 0 Å². The molecule has 0 radical (unpaired) electrons. The maximum atomic E-state index is 13.0. The van der Waals surface area contributed by atoms with E-state index in [9.17, 15) is 43.2 Å². The minimum atomic E-state index is -4.95. The largest absolute Gasteiger partial charge is 0.472 e. The third kappa shape index (κ3) is 58.4. The number of unbranched alkanes of at least 4 members (excludes halogenated alkanes) is 28. The zero-order chi connectivity index (χ0) is 63.9. The number of aliphatic hydroxyl groups is 1. The van der Waals surface area contributed by atoms with Crippen molar-refractivity contribution < 1.29 is 80.2 Å². The molecule has 19 heteroatoms. The predicted molar refractivity (Wildman–Crippen MR) is 344 cm³/mol. The molecule has 0 spiro atoms. The van der Waals surface area contributed by atoms with E-state index < -0.39 is 97.5 Å². The van der Waals surface area contributed by atoms with Crippen LogP contribution in [-0.4, -0.2) is 96.7 Å². The lowest BCUT2D eigenvalue weighted by molar-refractivity contribution is -0.161. The lowest BCUT2D eigenvalue weighted by Gasteiger charge is -2.21. The number of phosphoric acid groups is 2. The number of carbonyl (C=O) groups excluding carboxylic acids is 4. The second-order valence-corrected chi connectivity index (χ2v) is 28.6. The number of rotatable bonds is 64. The van der Waals surface area contributed by atoms with E-state index in [1.54, 1.807) is 0 Å². The molecule has 0 aromatic heterocycles. The molecule has 7 atom stereocenters. The van der Waals surface area contributed by atoms with Gasteiger partial charge in [0.25, 0.3) is 0 Å². The Hall–Kier alpha value is -1.94. The summed E-state index contributed by atoms with van der Waals surface area (Å²) in [6.45, 7) is 14.0. The van der Waals surface area contributed by atoms with Gasteiger partial charge >= 0.3 is 39.5 Å². The molecule has 4 unspecified atom stereocenters. The van der Waals surface area contributed by atoms with Gasteiger partial charge in [-0.25, -0.2) is 9.13 Å². The number of esters is 4. The van der Waals surface area contributed by atoms with E-state index in [-0.39, 0.29) is 25.7 Å². The summed E-state index contributed by atoms with van der Waals surface area (Å²) in [5.41, 5.74) is 0. The van der Waals surface area contributed by atoms with Gasteiger partial charge in [-0.1, -0.05) is 274 Å². The fourth-order valence-corrected chi connectivity index (χ4v) is 11.5. The van der Waals surface area contributed by atoms with Crippen molar-refractivity contribution in [3.63, 3.8) is 0 Å². The molecule has 0 aliphatic carbocycles. The Morgan fingerprint density at radius 3 is 0.826 bits per heavy atom. The van der Waals surface area contributed by atoms with Crippen LogP contribution in [0.25, 0.3) is 0 Å². The molecule has 3 N–H and O–H groups in total. The van der Waals surface area contributed by atoms with Gasteiger partial charge in [-0.15, -0.1) is 0 Å². The van der Waals surface area contributed by atoms with E-state index in [2.05, 4.69) is 55.4 Å². The maximum absolute atomic E-state index is 13.0. The van der Waals surface area contributed by atoms with E-state index in [0.29, 0.717) is 31.6 Å². The molecule has 17 nitrogen and oxygen atoms in total. The monoisotopic (exact) mass is 1270 g/mol. The first-order valence-electron chi connectivity index (χ1n) is 34.8. The van der Waals surface area contributed by atoms with E-state index >= 15 is 0 Å². The number of ether oxygens (including phenoxy) is 4. The van der Waals surface area contributed by atoms with Crippen molar-refractivity contribution in [3.8, 4) is 0 Å². The first-order valence-corrected chi connectivity index (χ1v) is 37.8. The molecule has 0 heterocycles. The highest BCUT2D eigenvalue weighted by Gasteiger charge is 2.30. The van der Waals surface area contributed by atoms with Crippen LogP contribution in [0.15, 0.2) is 0 Å². The zero-order valence-corrected chi connectivity index (χ0v) is 57.7. The van der Waals surface area contributed by atoms with Crippen molar-refractivity contribution in [1.29, 1.82) is 0 Å². The molecule has 0 amide bonds. The Morgan fingerprint density at radius 1 is 0.326 bits per heavy atom. The normalized spacial score (nSPS) is 15.0. The fraction of sp³-hybridized carbons (Fsp3) is 0.940. The fourth-order valence-electron chi connectivity index (χ4n) is 9.89. The van der Waals surface area contributed by atoms with E-state index in [1.807, 2.05) is 0 Å². The summed E-state index contributed by atoms with van der Waals surface area (Å²) in [6, 6.07) is 0. The Balaban J connectivity index is 5.26. The quantitative estimate of drug-likeness (QED) is 0.0222. The average molecular weight is 1270 g/mol. The van der Waals surface area contributed by atoms with Crippen molar-refractivity contribution in [2.24, 2.45) is 23.7 Å². The summed E-state index contributed by atoms with van der Waals surface area (Å²) in [6.07, 6.45) is 37.6. The molecular weight excluding hydrogens is 1140 g/mol. The molecule has 0 rings (SSSR count). The first kappa shape index (κ1) is 84.1. The van der Waals surface area contributed by atoms with Crippen LogP contribution in [0.5, 0.6) is 0 Å². The molecule has 0 aliphatic heterocycles. The third-order valence-electron chi connectivity index (χ3n) is 16.0. The SMILES string of the molecule is CCC(C)CCCCCCCCCCCCC(=O)OC[C@H](COP(=O)(O)OC[C@@H](O)COP(=O)(O)OC[C@@H](COC(=O)CCCCCCCCC(C)C)OC(=O)CCCCCCCCCCC(C)C)OC(=O)CCCCCCCCCCC(C)CC. The molecule has 0 saturated carbocycles. The van der Waals surface area contributed by atoms with Crippen molar-refractivity contribution in [3.05, 3.63) is 0 Å². The van der Waals surface area contributed by atoms with Gasteiger partial charge in [-0.05, 0) is 49.4 Å². The van der Waals surface area contributed by atoms with Crippen molar-refractivity contribution in [1.82, 2.24) is 0 Å². The molecule has 0 fully saturated rings. The second-order valence-electron chi connectivity index (χ2n) is 25.6. The Labute approximate surface area is 524 Å². The summed E-state index contributed by atoms with van der Waals surface area (Å²) >= 11 is 0. The maximum Gasteiger partial charge on any atom is 0.472 e. The van der Waals surface area contributed by atoms with Crippen LogP contribution in [0.4, 0.5) is 0 Å². The Kier molecular flexibility index (Phi) is 55.7. The topological polar surface area (TPSA) is 237 Å². The number of hydrogen-bond donors (Lipinski definition) is 3. The van der Waals surface area contributed by atoms with Crippen molar-refractivity contribution in [2.75, 3.05) is 39.6 Å². The highest BCUT2D eigenvalue weighted by molar-refractivity contribution is 7.47. The summed E-state index contributed by atoms with van der Waals surface area (Å²) < 4.78 is 68.1. The Morgan fingerprint density at radius 2 is 0.558 bits per heavy atom. The van der Waals surface area contributed by atoms with Gasteiger partial charge < -0.3 is 33.8 Å². The van der Waals surface area contributed by atoms with Crippen LogP contribution in [0.2, 0.25) is 0 Å². The molecule has 0 bridgehead atoms. The number of phosphoric ester groups is 2. The molecule has 86 heavy (non-hydrogen) atoms. The van der Waals surface area contributed by atoms with E-state index in [0.717, 1.165) is 114 Å². The first-order chi connectivity index (χ1) is 41.2. The summed E-state index contributed by atoms with van der Waals surface area (Å²) in [7, 11) is -9.90. The molecule has 510 valence electrons. The van der Waals surface area contributed by atoms with Crippen LogP contribution >= 0.6 is 15.6 Å². The van der Waals surface area contributed by atoms with Gasteiger partial charge in [0, 0.05) is 25.7 Å². The minimum Gasteiger partial charge on any atom is -0.462 e. The lowest BCUT2D eigenvalue weighted by atomic mass is 9.99. The van der Waals surface area contributed by atoms with Crippen molar-refractivity contribution in [2.45, 2.75) is 343 Å². The molecule has 0 aliphatic rings. The summed E-state index contributed by atoms with van der Waals surface area (Å²) in [4.78, 5) is 72.4. The van der Waals surface area contributed by atoms with Crippen LogP contribution in [0, 0.1) is 23.7 Å². The van der Waals surface area contributed by atoms with Crippen LogP contribution < -0.4 is 0 Å². The van der Waals surface area contributed by atoms with Gasteiger partial charge in [-0.3, -0.25) is 37.3 Å². The molecule has 0 saturated heterocycles. The van der Waals surface area contributed by atoms with Crippen LogP contribution in [0.1, 0.15) is 325 Å². The van der Waals surface area contributed by atoms with Gasteiger partial charge in [0.1, 0.15) is 19.3 Å².